The molecule has 1 heterocycles. The van der Waals surface area contributed by atoms with E-state index in [1.54, 1.807) is 11.8 Å². The highest BCUT2D eigenvalue weighted by Gasteiger charge is 2.20. The van der Waals surface area contributed by atoms with Crippen LogP contribution in [0.5, 0.6) is 0 Å². The molecule has 0 aromatic rings. The fourth-order valence-electron chi connectivity index (χ4n) is 0.961. The lowest BCUT2D eigenvalue weighted by molar-refractivity contribution is -0.145. The summed E-state index contributed by atoms with van der Waals surface area (Å²) in [6, 6.07) is 0. The molecule has 0 bridgehead atoms. The number of carbonyl (C=O) groups is 1. The Labute approximate surface area is 59.9 Å². The molecule has 0 saturated carbocycles. The minimum Gasteiger partial charge on any atom is -0.370 e. The van der Waals surface area contributed by atoms with E-state index < -0.39 is 0 Å². The molecule has 58 valence electrons. The number of rotatable bonds is 1. The first-order valence-electron chi connectivity index (χ1n) is 3.34. The average Bonchev–Trinajstić information content (AvgIpc) is 1.88. The van der Waals surface area contributed by atoms with Crippen LogP contribution in [0.15, 0.2) is 0 Å². The van der Waals surface area contributed by atoms with Gasteiger partial charge >= 0.3 is 0 Å². The van der Waals surface area contributed by atoms with Crippen molar-refractivity contribution in [3.8, 4) is 0 Å². The van der Waals surface area contributed by atoms with Crippen molar-refractivity contribution >= 4 is 5.91 Å². The molecule has 1 aliphatic rings. The Morgan fingerprint density at radius 3 is 2.90 bits per heavy atom. The van der Waals surface area contributed by atoms with Crippen LogP contribution >= 0.6 is 0 Å². The molecule has 1 unspecified atom stereocenters. The third kappa shape index (κ3) is 1.46. The molecule has 1 aliphatic heterocycles. The van der Waals surface area contributed by atoms with Gasteiger partial charge in [0.05, 0.1) is 12.8 Å². The van der Waals surface area contributed by atoms with Gasteiger partial charge in [-0.3, -0.25) is 4.79 Å². The number of morpholine rings is 1. The molecule has 0 aromatic heterocycles. The van der Waals surface area contributed by atoms with Gasteiger partial charge in [-0.1, -0.05) is 0 Å². The molecule has 1 saturated heterocycles. The van der Waals surface area contributed by atoms with Crippen molar-refractivity contribution in [2.75, 3.05) is 19.8 Å². The van der Waals surface area contributed by atoms with Gasteiger partial charge in [-0.15, -0.1) is 0 Å². The maximum absolute atomic E-state index is 11.0. The minimum atomic E-state index is -0.184. The van der Waals surface area contributed by atoms with E-state index in [4.69, 9.17) is 10.5 Å². The zero-order chi connectivity index (χ0) is 7.56. The highest BCUT2D eigenvalue weighted by atomic mass is 16.5. The largest absolute Gasteiger partial charge is 0.370 e. The van der Waals surface area contributed by atoms with Crippen LogP contribution < -0.4 is 5.73 Å². The van der Waals surface area contributed by atoms with E-state index in [0.717, 1.165) is 0 Å². The zero-order valence-electron chi connectivity index (χ0n) is 6.04. The van der Waals surface area contributed by atoms with Gasteiger partial charge in [0.25, 0.3) is 0 Å². The Balaban J connectivity index is 2.48. The van der Waals surface area contributed by atoms with E-state index >= 15 is 0 Å². The number of hydrogen-bond acceptors (Lipinski definition) is 3. The number of carbonyl (C=O) groups excluding carboxylic acids is 1. The minimum absolute atomic E-state index is 0.0127. The predicted octanol–water partition coefficient (Wildman–Crippen LogP) is -0.850. The molecule has 1 atom stereocenters. The van der Waals surface area contributed by atoms with Gasteiger partial charge in [-0.2, -0.15) is 0 Å². The summed E-state index contributed by atoms with van der Waals surface area (Å²) in [5, 5.41) is 0. The van der Waals surface area contributed by atoms with Crippen LogP contribution in [0.2, 0.25) is 0 Å². The smallest absolute Gasteiger partial charge is 0.249 e. The van der Waals surface area contributed by atoms with Crippen molar-refractivity contribution in [1.29, 1.82) is 0 Å². The van der Waals surface area contributed by atoms with Crippen LogP contribution in [0.4, 0.5) is 0 Å². The second kappa shape index (κ2) is 2.98. The van der Waals surface area contributed by atoms with E-state index in [1.807, 2.05) is 0 Å². The molecule has 1 fully saturated rings. The summed E-state index contributed by atoms with van der Waals surface area (Å²) in [6.07, 6.45) is -0.184. The van der Waals surface area contributed by atoms with Gasteiger partial charge in [0.15, 0.2) is 0 Å². The molecule has 1 amide bonds. The Morgan fingerprint density at radius 1 is 1.80 bits per heavy atom. The molecule has 2 N–H and O–H groups in total. The first kappa shape index (κ1) is 7.50. The Hall–Kier alpha value is -0.610. The maximum Gasteiger partial charge on any atom is 0.249 e. The quantitative estimate of drug-likeness (QED) is 0.521. The molecular weight excluding hydrogens is 132 g/mol. The first-order valence-corrected chi connectivity index (χ1v) is 3.34. The fourth-order valence-corrected chi connectivity index (χ4v) is 0.961. The molecule has 0 spiro atoms. The van der Waals surface area contributed by atoms with Crippen molar-refractivity contribution in [2.45, 2.75) is 13.1 Å². The lowest BCUT2D eigenvalue weighted by Gasteiger charge is -2.29. The molecule has 0 aromatic carbocycles. The van der Waals surface area contributed by atoms with Crippen LogP contribution in [0, 0.1) is 0 Å². The number of nitrogens with two attached hydrogens (primary N) is 1. The molecule has 10 heavy (non-hydrogen) atoms. The van der Waals surface area contributed by atoms with E-state index in [1.165, 1.54) is 0 Å². The molecule has 0 aliphatic carbocycles. The second-order valence-electron chi connectivity index (χ2n) is 2.38. The summed E-state index contributed by atoms with van der Waals surface area (Å²) in [6.45, 7) is 3.20. The van der Waals surface area contributed by atoms with Crippen molar-refractivity contribution in [3.05, 3.63) is 0 Å². The second-order valence-corrected chi connectivity index (χ2v) is 2.38. The summed E-state index contributed by atoms with van der Waals surface area (Å²) >= 11 is 0. The van der Waals surface area contributed by atoms with Gasteiger partial charge in [0.1, 0.15) is 6.61 Å². The molecule has 4 heteroatoms. The third-order valence-corrected chi connectivity index (χ3v) is 1.51. The predicted molar refractivity (Wildman–Crippen MR) is 36.2 cm³/mol. The van der Waals surface area contributed by atoms with Crippen molar-refractivity contribution in [1.82, 2.24) is 4.90 Å². The van der Waals surface area contributed by atoms with E-state index in [0.29, 0.717) is 13.2 Å². The summed E-state index contributed by atoms with van der Waals surface area (Å²) in [4.78, 5) is 12.6. The molecule has 1 rings (SSSR count). The summed E-state index contributed by atoms with van der Waals surface area (Å²) in [5.74, 6) is -0.0127. The Kier molecular flexibility index (Phi) is 2.24. The summed E-state index contributed by atoms with van der Waals surface area (Å²) in [5.41, 5.74) is 5.51. The van der Waals surface area contributed by atoms with Gasteiger partial charge in [0.2, 0.25) is 5.91 Å². The molecule has 4 nitrogen and oxygen atoms in total. The van der Waals surface area contributed by atoms with E-state index in [9.17, 15) is 4.79 Å². The van der Waals surface area contributed by atoms with Crippen LogP contribution in [0.1, 0.15) is 6.92 Å². The number of nitrogens with zero attached hydrogens (tertiary/aromatic N) is 1. The van der Waals surface area contributed by atoms with E-state index in [2.05, 4.69) is 0 Å². The standard InChI is InChI=1S/C6H12N2O2/c1-5(7)8-2-3-10-4-6(8)9/h5H,2-4,7H2,1H3. The van der Waals surface area contributed by atoms with Crippen molar-refractivity contribution in [2.24, 2.45) is 5.73 Å². The number of ether oxygens (including phenoxy) is 1. The average molecular weight is 144 g/mol. The van der Waals surface area contributed by atoms with Crippen LogP contribution in [-0.4, -0.2) is 36.7 Å². The fraction of sp³-hybridized carbons (Fsp3) is 0.833. The highest BCUT2D eigenvalue weighted by Crippen LogP contribution is 1.99. The summed E-state index contributed by atoms with van der Waals surface area (Å²) < 4.78 is 4.92. The van der Waals surface area contributed by atoms with E-state index in [-0.39, 0.29) is 18.7 Å². The van der Waals surface area contributed by atoms with Crippen LogP contribution in [0.25, 0.3) is 0 Å². The SMILES string of the molecule is CC(N)N1CCOCC1=O. The number of hydrogen-bond donors (Lipinski definition) is 1. The normalized spacial score (nSPS) is 23.0. The highest BCUT2D eigenvalue weighted by molar-refractivity contribution is 5.78. The van der Waals surface area contributed by atoms with Gasteiger partial charge in [0, 0.05) is 6.54 Å². The summed E-state index contributed by atoms with van der Waals surface area (Å²) in [7, 11) is 0. The van der Waals surface area contributed by atoms with Gasteiger partial charge in [-0.25, -0.2) is 0 Å². The first-order chi connectivity index (χ1) is 4.72. The van der Waals surface area contributed by atoms with Gasteiger partial charge < -0.3 is 15.4 Å². The van der Waals surface area contributed by atoms with Crippen LogP contribution in [-0.2, 0) is 9.53 Å². The number of amides is 1. The third-order valence-electron chi connectivity index (χ3n) is 1.51. The lowest BCUT2D eigenvalue weighted by Crippen LogP contribution is -2.50. The van der Waals surface area contributed by atoms with Crippen molar-refractivity contribution < 1.29 is 9.53 Å². The molecular formula is C6H12N2O2. The van der Waals surface area contributed by atoms with Gasteiger partial charge in [-0.05, 0) is 6.92 Å². The monoisotopic (exact) mass is 144 g/mol. The van der Waals surface area contributed by atoms with Crippen molar-refractivity contribution in [3.63, 3.8) is 0 Å². The maximum atomic E-state index is 11.0. The lowest BCUT2D eigenvalue weighted by atomic mass is 10.4. The zero-order valence-corrected chi connectivity index (χ0v) is 6.04. The molecule has 0 radical (unpaired) electrons. The Bertz CT molecular complexity index is 136. The topological polar surface area (TPSA) is 55.6 Å². The Morgan fingerprint density at radius 2 is 2.50 bits per heavy atom. The van der Waals surface area contributed by atoms with Crippen LogP contribution in [0.3, 0.4) is 0 Å².